The number of para-hydroxylation sites is 2. The molecule has 2 aromatic carbocycles. The van der Waals surface area contributed by atoms with Crippen LogP contribution < -0.4 is 19.5 Å². The summed E-state index contributed by atoms with van der Waals surface area (Å²) in [5, 5.41) is 19.4. The molecule has 0 bridgehead atoms. The van der Waals surface area contributed by atoms with Gasteiger partial charge in [-0.05, 0) is 36.5 Å². The molecule has 1 atom stereocenters. The van der Waals surface area contributed by atoms with E-state index in [4.69, 9.17) is 26.4 Å². The summed E-state index contributed by atoms with van der Waals surface area (Å²) in [6, 6.07) is 11.3. The van der Waals surface area contributed by atoms with Gasteiger partial charge >= 0.3 is 0 Å². The zero-order chi connectivity index (χ0) is 22.0. The minimum atomic E-state index is -0.701. The van der Waals surface area contributed by atoms with Crippen molar-refractivity contribution in [3.8, 4) is 17.2 Å². The summed E-state index contributed by atoms with van der Waals surface area (Å²) in [5.41, 5.74) is 2.51. The predicted molar refractivity (Wildman–Crippen MR) is 122 cm³/mol. The van der Waals surface area contributed by atoms with Gasteiger partial charge in [0, 0.05) is 24.2 Å². The summed E-state index contributed by atoms with van der Waals surface area (Å²) in [4.78, 5) is 2.08. The molecule has 2 heterocycles. The van der Waals surface area contributed by atoms with Gasteiger partial charge in [-0.2, -0.15) is 0 Å². The van der Waals surface area contributed by atoms with Gasteiger partial charge in [0.15, 0.2) is 3.95 Å². The SMILES string of the molecule is COc1ccccc1Nc1nn(CN2Cc3c(OC)ccc(OC)c3C(O)C2)c(=S)s1. The molecule has 2 N–H and O–H groups in total. The predicted octanol–water partition coefficient (Wildman–Crippen LogP) is 3.95. The van der Waals surface area contributed by atoms with Crippen molar-refractivity contribution >= 4 is 34.4 Å². The van der Waals surface area contributed by atoms with Gasteiger partial charge in [0.05, 0.1) is 39.8 Å². The number of methoxy groups -OCH3 is 3. The van der Waals surface area contributed by atoms with Crippen LogP contribution in [-0.2, 0) is 13.2 Å². The standard InChI is InChI=1S/C21H24N4O4S2/c1-27-16-8-9-18(29-3)19-13(16)10-24(11-15(19)26)12-25-21(30)31-20(23-25)22-14-6-4-5-7-17(14)28-2/h4-9,15,26H,10-12H2,1-3H3,(H,22,23). The highest BCUT2D eigenvalue weighted by molar-refractivity contribution is 7.73. The van der Waals surface area contributed by atoms with Crippen LogP contribution in [-0.4, -0.2) is 47.7 Å². The molecule has 1 aromatic heterocycles. The van der Waals surface area contributed by atoms with Gasteiger partial charge in [-0.3, -0.25) is 4.90 Å². The lowest BCUT2D eigenvalue weighted by Gasteiger charge is -2.33. The van der Waals surface area contributed by atoms with Gasteiger partial charge in [-0.1, -0.05) is 23.5 Å². The van der Waals surface area contributed by atoms with E-state index in [0.717, 1.165) is 28.3 Å². The third-order valence-electron chi connectivity index (χ3n) is 5.15. The van der Waals surface area contributed by atoms with Crippen molar-refractivity contribution in [2.75, 3.05) is 33.2 Å². The van der Waals surface area contributed by atoms with E-state index in [1.807, 2.05) is 36.4 Å². The molecule has 8 nitrogen and oxygen atoms in total. The third-order valence-corrected chi connectivity index (χ3v) is 6.37. The van der Waals surface area contributed by atoms with E-state index in [0.29, 0.717) is 34.6 Å². The number of nitrogens with one attached hydrogen (secondary N) is 1. The van der Waals surface area contributed by atoms with Gasteiger partial charge < -0.3 is 24.6 Å². The summed E-state index contributed by atoms with van der Waals surface area (Å²) >= 11 is 6.91. The van der Waals surface area contributed by atoms with Gasteiger partial charge in [-0.25, -0.2) is 4.68 Å². The molecule has 4 rings (SSSR count). The molecule has 3 aromatic rings. The number of hydrogen-bond donors (Lipinski definition) is 2. The lowest BCUT2D eigenvalue weighted by atomic mass is 9.95. The number of rotatable bonds is 7. The fourth-order valence-corrected chi connectivity index (χ4v) is 4.76. The first-order valence-corrected chi connectivity index (χ1v) is 10.9. The van der Waals surface area contributed by atoms with Crippen LogP contribution >= 0.6 is 23.6 Å². The average molecular weight is 461 g/mol. The maximum Gasteiger partial charge on any atom is 0.209 e. The van der Waals surface area contributed by atoms with Crippen LogP contribution in [0.4, 0.5) is 10.8 Å². The molecule has 0 amide bonds. The Balaban J connectivity index is 1.55. The molecule has 0 fully saturated rings. The summed E-state index contributed by atoms with van der Waals surface area (Å²) < 4.78 is 18.7. The van der Waals surface area contributed by atoms with E-state index < -0.39 is 6.10 Å². The van der Waals surface area contributed by atoms with Gasteiger partial charge in [0.1, 0.15) is 17.2 Å². The molecule has 1 aliphatic heterocycles. The van der Waals surface area contributed by atoms with Crippen molar-refractivity contribution < 1.29 is 19.3 Å². The molecular weight excluding hydrogens is 436 g/mol. The summed E-state index contributed by atoms with van der Waals surface area (Å²) in [5.74, 6) is 2.11. The smallest absolute Gasteiger partial charge is 0.209 e. The third kappa shape index (κ3) is 4.38. The Morgan fingerprint density at radius 3 is 2.55 bits per heavy atom. The number of hydrogen-bond acceptors (Lipinski definition) is 9. The molecule has 164 valence electrons. The Hall–Kier alpha value is -2.66. The lowest BCUT2D eigenvalue weighted by molar-refractivity contribution is 0.0673. The van der Waals surface area contributed by atoms with Crippen molar-refractivity contribution in [1.82, 2.24) is 14.7 Å². The van der Waals surface area contributed by atoms with Crippen LogP contribution in [0.2, 0.25) is 0 Å². The number of aliphatic hydroxyl groups is 1. The highest BCUT2D eigenvalue weighted by Gasteiger charge is 2.30. The number of anilines is 2. The van der Waals surface area contributed by atoms with Crippen molar-refractivity contribution in [3.63, 3.8) is 0 Å². The second kappa shape index (κ2) is 9.23. The van der Waals surface area contributed by atoms with Crippen LogP contribution in [0.1, 0.15) is 17.2 Å². The van der Waals surface area contributed by atoms with Crippen LogP contribution in [0.15, 0.2) is 36.4 Å². The Bertz CT molecular complexity index is 1130. The highest BCUT2D eigenvalue weighted by atomic mass is 32.1. The monoisotopic (exact) mass is 460 g/mol. The largest absolute Gasteiger partial charge is 0.496 e. The Morgan fingerprint density at radius 2 is 1.81 bits per heavy atom. The van der Waals surface area contributed by atoms with Crippen molar-refractivity contribution in [2.24, 2.45) is 0 Å². The van der Waals surface area contributed by atoms with Crippen molar-refractivity contribution in [2.45, 2.75) is 19.3 Å². The maximum atomic E-state index is 10.8. The van der Waals surface area contributed by atoms with Crippen LogP contribution in [0, 0.1) is 3.95 Å². The molecule has 31 heavy (non-hydrogen) atoms. The second-order valence-electron chi connectivity index (χ2n) is 7.03. The summed E-state index contributed by atoms with van der Waals surface area (Å²) in [7, 11) is 4.86. The summed E-state index contributed by atoms with van der Waals surface area (Å²) in [6.45, 7) is 1.46. The molecule has 1 aliphatic rings. The number of β-amino-alcohol motifs (C(OH)–C–C–N with tert-alkyl or cyclic N) is 1. The molecule has 0 aliphatic carbocycles. The van der Waals surface area contributed by atoms with Crippen LogP contribution in [0.3, 0.4) is 0 Å². The molecule has 10 heteroatoms. The number of aromatic nitrogens is 2. The topological polar surface area (TPSA) is 81.0 Å². The highest BCUT2D eigenvalue weighted by Crippen LogP contribution is 2.39. The normalized spacial score (nSPS) is 15.9. The summed E-state index contributed by atoms with van der Waals surface area (Å²) in [6.07, 6.45) is -0.701. The number of ether oxygens (including phenoxy) is 3. The van der Waals surface area contributed by atoms with E-state index in [1.165, 1.54) is 11.3 Å². The number of nitrogens with zero attached hydrogens (tertiary/aromatic N) is 3. The molecule has 0 saturated carbocycles. The second-order valence-corrected chi connectivity index (χ2v) is 8.65. The van der Waals surface area contributed by atoms with E-state index in [9.17, 15) is 5.11 Å². The van der Waals surface area contributed by atoms with E-state index in [1.54, 1.807) is 26.0 Å². The number of fused-ring (bicyclic) bond motifs is 1. The first-order chi connectivity index (χ1) is 15.0. The lowest BCUT2D eigenvalue weighted by Crippen LogP contribution is -2.35. The average Bonchev–Trinajstić information content (AvgIpc) is 3.11. The zero-order valence-electron chi connectivity index (χ0n) is 17.5. The molecular formula is C21H24N4O4S2. The van der Waals surface area contributed by atoms with E-state index in [-0.39, 0.29) is 0 Å². The Labute approximate surface area is 189 Å². The molecule has 0 spiro atoms. The Morgan fingerprint density at radius 1 is 1.10 bits per heavy atom. The first-order valence-electron chi connectivity index (χ1n) is 9.66. The van der Waals surface area contributed by atoms with Crippen LogP contribution in [0.25, 0.3) is 0 Å². The zero-order valence-corrected chi connectivity index (χ0v) is 19.1. The number of benzene rings is 2. The Kier molecular flexibility index (Phi) is 6.42. The minimum Gasteiger partial charge on any atom is -0.496 e. The van der Waals surface area contributed by atoms with Gasteiger partial charge in [0.25, 0.3) is 0 Å². The maximum absolute atomic E-state index is 10.8. The molecule has 0 radical (unpaired) electrons. The van der Waals surface area contributed by atoms with Gasteiger partial charge in [0.2, 0.25) is 5.13 Å². The number of aliphatic hydroxyl groups excluding tert-OH is 1. The fraction of sp³-hybridized carbons (Fsp3) is 0.333. The van der Waals surface area contributed by atoms with Crippen LogP contribution in [0.5, 0.6) is 17.2 Å². The molecule has 0 saturated heterocycles. The van der Waals surface area contributed by atoms with Crippen molar-refractivity contribution in [1.29, 1.82) is 0 Å². The first kappa shape index (κ1) is 21.6. The van der Waals surface area contributed by atoms with E-state index in [2.05, 4.69) is 15.3 Å². The minimum absolute atomic E-state index is 0.436. The fourth-order valence-electron chi connectivity index (χ4n) is 3.75. The molecule has 1 unspecified atom stereocenters. The van der Waals surface area contributed by atoms with E-state index >= 15 is 0 Å². The van der Waals surface area contributed by atoms with Crippen molar-refractivity contribution in [3.05, 3.63) is 51.5 Å². The van der Waals surface area contributed by atoms with Gasteiger partial charge in [-0.15, -0.1) is 5.10 Å². The quantitative estimate of drug-likeness (QED) is 0.513.